The van der Waals surface area contributed by atoms with Gasteiger partial charge in [-0.1, -0.05) is 13.0 Å². The highest BCUT2D eigenvalue weighted by molar-refractivity contribution is 5.65. The molecule has 2 bridgehead atoms. The molecule has 0 spiro atoms. The molecule has 6 rings (SSSR count). The van der Waals surface area contributed by atoms with Gasteiger partial charge in [-0.05, 0) is 63.3 Å². The van der Waals surface area contributed by atoms with Crippen LogP contribution in [0.3, 0.4) is 0 Å². The van der Waals surface area contributed by atoms with Crippen LogP contribution < -0.4 is 22.3 Å². The number of anilines is 1. The highest BCUT2D eigenvalue weighted by atomic mass is 16.3. The van der Waals surface area contributed by atoms with Gasteiger partial charge in [0, 0.05) is 53.4 Å². The maximum absolute atomic E-state index is 13.3. The van der Waals surface area contributed by atoms with Gasteiger partial charge in [-0.15, -0.1) is 0 Å². The van der Waals surface area contributed by atoms with E-state index in [2.05, 4.69) is 30.5 Å². The molecule has 0 saturated carbocycles. The Kier molecular flexibility index (Phi) is 7.76. The van der Waals surface area contributed by atoms with Crippen LogP contribution in [-0.2, 0) is 0 Å². The molecule has 0 aromatic carbocycles. The van der Waals surface area contributed by atoms with Crippen molar-refractivity contribution in [3.63, 3.8) is 0 Å². The molecule has 3 aromatic heterocycles. The predicted octanol–water partition coefficient (Wildman–Crippen LogP) is 3.05. The van der Waals surface area contributed by atoms with Gasteiger partial charge in [0.1, 0.15) is 11.5 Å². The third kappa shape index (κ3) is 5.13. The van der Waals surface area contributed by atoms with E-state index in [0.717, 1.165) is 16.8 Å². The number of aliphatic imine (C=N–C) groups is 1. The summed E-state index contributed by atoms with van der Waals surface area (Å²) in [6.45, 7) is 4.25. The zero-order valence-corrected chi connectivity index (χ0v) is 22.7. The number of aromatic nitrogens is 5. The van der Waals surface area contributed by atoms with Gasteiger partial charge in [-0.3, -0.25) is 30.2 Å². The zero-order valence-electron chi connectivity index (χ0n) is 22.7. The molecule has 3 aromatic rings. The summed E-state index contributed by atoms with van der Waals surface area (Å²) in [6, 6.07) is 7.40. The van der Waals surface area contributed by atoms with Crippen LogP contribution in [0.1, 0.15) is 51.1 Å². The van der Waals surface area contributed by atoms with Crippen LogP contribution in [0.25, 0.3) is 22.4 Å². The second-order valence-corrected chi connectivity index (χ2v) is 10.1. The Balaban J connectivity index is 1.48. The van der Waals surface area contributed by atoms with Crippen LogP contribution in [-0.4, -0.2) is 48.3 Å². The van der Waals surface area contributed by atoms with Gasteiger partial charge in [-0.25, -0.2) is 0 Å². The molecule has 11 nitrogen and oxygen atoms in total. The Morgan fingerprint density at radius 2 is 2.08 bits per heavy atom. The second-order valence-electron chi connectivity index (χ2n) is 10.1. The fourth-order valence-corrected chi connectivity index (χ4v) is 5.52. The van der Waals surface area contributed by atoms with Crippen molar-refractivity contribution < 1.29 is 5.11 Å². The number of rotatable bonds is 6. The second kappa shape index (κ2) is 11.4. The number of hydrogen-bond donors (Lipinski definition) is 5. The number of nitrogen functional groups attached to an aromatic ring is 1. The van der Waals surface area contributed by atoms with Crippen molar-refractivity contribution in [1.29, 1.82) is 0 Å². The molecule has 3 atom stereocenters. The quantitative estimate of drug-likeness (QED) is 0.296. The number of nitrogens with zero attached hydrogens (tertiary/aromatic N) is 5. The summed E-state index contributed by atoms with van der Waals surface area (Å²) in [5.41, 5.74) is 15.7. The highest BCUT2D eigenvalue weighted by Crippen LogP contribution is 2.40. The maximum Gasteiger partial charge on any atom is 0.260 e. The van der Waals surface area contributed by atoms with E-state index in [1.807, 2.05) is 37.4 Å². The van der Waals surface area contributed by atoms with Crippen LogP contribution >= 0.6 is 0 Å². The summed E-state index contributed by atoms with van der Waals surface area (Å²) < 4.78 is 1.72. The fourth-order valence-electron chi connectivity index (χ4n) is 5.52. The van der Waals surface area contributed by atoms with E-state index in [0.29, 0.717) is 54.7 Å². The molecule has 1 saturated heterocycles. The van der Waals surface area contributed by atoms with Crippen molar-refractivity contribution in [1.82, 2.24) is 30.0 Å². The number of aromatic amines is 1. The topological polar surface area (TPSA) is 173 Å². The van der Waals surface area contributed by atoms with E-state index in [1.165, 1.54) is 0 Å². The average Bonchev–Trinajstić information content (AvgIpc) is 3.09. The van der Waals surface area contributed by atoms with Crippen molar-refractivity contribution in [2.24, 2.45) is 16.6 Å². The van der Waals surface area contributed by atoms with E-state index in [-0.39, 0.29) is 23.3 Å². The van der Waals surface area contributed by atoms with Gasteiger partial charge in [0.15, 0.2) is 5.72 Å². The lowest BCUT2D eigenvalue weighted by atomic mass is 9.83. The molecule has 40 heavy (non-hydrogen) atoms. The predicted molar refractivity (Wildman–Crippen MR) is 155 cm³/mol. The van der Waals surface area contributed by atoms with Crippen LogP contribution in [0, 0.1) is 5.92 Å². The first kappa shape index (κ1) is 27.2. The van der Waals surface area contributed by atoms with Gasteiger partial charge in [0.25, 0.3) is 5.56 Å². The van der Waals surface area contributed by atoms with E-state index in [1.54, 1.807) is 42.5 Å². The number of pyridine rings is 2. The molecular weight excluding hydrogens is 506 g/mol. The summed E-state index contributed by atoms with van der Waals surface area (Å²) in [4.78, 5) is 26.5. The van der Waals surface area contributed by atoms with E-state index < -0.39 is 5.72 Å². The van der Waals surface area contributed by atoms with Crippen molar-refractivity contribution in [3.8, 4) is 22.4 Å². The molecule has 7 N–H and O–H groups in total. The Morgan fingerprint density at radius 1 is 1.23 bits per heavy atom. The molecule has 208 valence electrons. The molecule has 3 aliphatic heterocycles. The molecule has 3 unspecified atom stereocenters. The first-order valence-electron chi connectivity index (χ1n) is 13.5. The lowest BCUT2D eigenvalue weighted by Gasteiger charge is -2.34. The molecule has 11 heteroatoms. The van der Waals surface area contributed by atoms with Crippen LogP contribution in [0.2, 0.25) is 0 Å². The number of nitrogens with one attached hydrogen (secondary N) is 2. The number of fused-ring (bicyclic) bond motifs is 5. The van der Waals surface area contributed by atoms with Crippen molar-refractivity contribution in [3.05, 3.63) is 82.6 Å². The fraction of sp³-hybridized carbons (Fsp3) is 0.345. The summed E-state index contributed by atoms with van der Waals surface area (Å²) in [5.74, 6) is 0.270. The lowest BCUT2D eigenvalue weighted by molar-refractivity contribution is 0.0345. The third-order valence-electron chi connectivity index (χ3n) is 7.66. The molecule has 1 fully saturated rings. The maximum atomic E-state index is 13.3. The van der Waals surface area contributed by atoms with Crippen molar-refractivity contribution in [2.75, 3.05) is 12.3 Å². The normalized spacial score (nSPS) is 22.7. The number of allylic oxidation sites excluding steroid dienone is 1. The summed E-state index contributed by atoms with van der Waals surface area (Å²) >= 11 is 0. The van der Waals surface area contributed by atoms with E-state index >= 15 is 0 Å². The lowest BCUT2D eigenvalue weighted by Crippen LogP contribution is -2.47. The smallest absolute Gasteiger partial charge is 0.260 e. The van der Waals surface area contributed by atoms with Gasteiger partial charge < -0.3 is 21.1 Å². The largest absolute Gasteiger partial charge is 0.400 e. The minimum atomic E-state index is -1.35. The zero-order chi connectivity index (χ0) is 28.3. The molecular formula is C29H35N9O2. The van der Waals surface area contributed by atoms with E-state index in [4.69, 9.17) is 11.5 Å². The van der Waals surface area contributed by atoms with E-state index in [9.17, 15) is 9.90 Å². The Labute approximate surface area is 232 Å². The summed E-state index contributed by atoms with van der Waals surface area (Å²) in [6.07, 6.45) is 12.6. The van der Waals surface area contributed by atoms with Crippen LogP contribution in [0.15, 0.2) is 76.4 Å². The van der Waals surface area contributed by atoms with Gasteiger partial charge >= 0.3 is 0 Å². The first-order chi connectivity index (χ1) is 19.4. The molecule has 6 heterocycles. The Hall–Kier alpha value is -4.35. The van der Waals surface area contributed by atoms with Crippen molar-refractivity contribution >= 4 is 12.0 Å². The number of nitrogens with two attached hydrogens (primary N) is 2. The molecule has 3 aliphatic rings. The molecule has 0 radical (unpaired) electrons. The summed E-state index contributed by atoms with van der Waals surface area (Å²) in [7, 11) is 0. The Morgan fingerprint density at radius 3 is 2.77 bits per heavy atom. The number of hydrogen-bond acceptors (Lipinski definition) is 9. The SMILES string of the molecule is CC=N/C(=C(/N)CC)C1(O)CCC(C2c3c(N)[nH]ncc(-c4ccc(-c5cccnc5)nc4)cn2c3=O)CCN1. The monoisotopic (exact) mass is 541 g/mol. The number of aliphatic hydroxyl groups is 1. The molecule has 0 amide bonds. The third-order valence-corrected chi connectivity index (χ3v) is 7.66. The minimum absolute atomic E-state index is 0.0333. The van der Waals surface area contributed by atoms with Gasteiger partial charge in [-0.2, -0.15) is 5.10 Å². The standard InChI is InChI=1S/C29H35N9O2/c1-3-22(30)26(33-4-2)29(40)11-9-18(10-13-35-29)25-24-27(31)37-36-16-21(17-38(25)28(24)39)19-7-8-23(34-15-19)20-6-5-12-32-14-20/h4-8,12,14-18,25,35,37,40H,3,9-11,13,30-31H2,1-2H3/b21-17?,26-22+,27-24?,33-4?,36-16?. The van der Waals surface area contributed by atoms with Crippen LogP contribution in [0.5, 0.6) is 0 Å². The summed E-state index contributed by atoms with van der Waals surface area (Å²) in [5, 5.41) is 21.9. The Bertz CT molecular complexity index is 1540. The average molecular weight is 542 g/mol. The first-order valence-corrected chi connectivity index (χ1v) is 13.5. The van der Waals surface area contributed by atoms with Crippen molar-refractivity contribution in [2.45, 2.75) is 51.3 Å². The molecule has 0 aliphatic carbocycles. The van der Waals surface area contributed by atoms with Gasteiger partial charge in [0.05, 0.1) is 23.5 Å². The van der Waals surface area contributed by atoms with Gasteiger partial charge in [0.2, 0.25) is 0 Å². The van der Waals surface area contributed by atoms with Crippen LogP contribution in [0.4, 0.5) is 5.82 Å². The number of H-pyrrole nitrogens is 1. The minimum Gasteiger partial charge on any atom is -0.400 e. The highest BCUT2D eigenvalue weighted by Gasteiger charge is 2.42.